The molecule has 1 heterocycles. The first-order valence-corrected chi connectivity index (χ1v) is 7.37. The molecular formula is C15H22IN5O4. The fourth-order valence-electron chi connectivity index (χ4n) is 2.20. The number of amides is 3. The average molecular weight is 463 g/mol. The SMILES string of the molecule is CN=C(NCCN1C(=O)CNC1=O)Nc1ccc(OC)c(OC)c1.I. The summed E-state index contributed by atoms with van der Waals surface area (Å²) in [4.78, 5) is 28.2. The minimum atomic E-state index is -0.371. The molecule has 2 rings (SSSR count). The minimum Gasteiger partial charge on any atom is -0.493 e. The van der Waals surface area contributed by atoms with Gasteiger partial charge in [0.2, 0.25) is 5.91 Å². The number of ether oxygens (including phenoxy) is 2. The number of nitrogens with zero attached hydrogens (tertiary/aromatic N) is 2. The van der Waals surface area contributed by atoms with Crippen LogP contribution in [-0.4, -0.2) is 63.7 Å². The molecular weight excluding hydrogens is 441 g/mol. The number of aliphatic imine (C=N–C) groups is 1. The lowest BCUT2D eigenvalue weighted by atomic mass is 10.3. The predicted molar refractivity (Wildman–Crippen MR) is 105 cm³/mol. The molecule has 1 aliphatic heterocycles. The van der Waals surface area contributed by atoms with Crippen LogP contribution in [0.25, 0.3) is 0 Å². The minimum absolute atomic E-state index is 0. The van der Waals surface area contributed by atoms with E-state index in [0.717, 1.165) is 10.6 Å². The Morgan fingerprint density at radius 2 is 2.00 bits per heavy atom. The van der Waals surface area contributed by atoms with Crippen LogP contribution < -0.4 is 25.4 Å². The Balaban J connectivity index is 0.00000312. The molecule has 0 spiro atoms. The number of nitrogens with one attached hydrogen (secondary N) is 3. The van der Waals surface area contributed by atoms with Crippen LogP contribution >= 0.6 is 24.0 Å². The third-order valence-corrected chi connectivity index (χ3v) is 3.43. The second kappa shape index (κ2) is 9.91. The summed E-state index contributed by atoms with van der Waals surface area (Å²) in [7, 11) is 4.76. The molecule has 1 aromatic carbocycles. The maximum absolute atomic E-state index is 11.5. The third-order valence-electron chi connectivity index (χ3n) is 3.43. The lowest BCUT2D eigenvalue weighted by molar-refractivity contribution is -0.124. The second-order valence-corrected chi connectivity index (χ2v) is 4.90. The van der Waals surface area contributed by atoms with Crippen LogP contribution in [-0.2, 0) is 4.79 Å². The van der Waals surface area contributed by atoms with E-state index in [9.17, 15) is 9.59 Å². The number of guanidine groups is 1. The van der Waals surface area contributed by atoms with Crippen molar-refractivity contribution >= 4 is 47.6 Å². The van der Waals surface area contributed by atoms with Crippen LogP contribution in [0.4, 0.5) is 10.5 Å². The molecule has 1 aromatic rings. The Labute approximate surface area is 163 Å². The molecule has 1 aliphatic rings. The predicted octanol–water partition coefficient (Wildman–Crippen LogP) is 0.861. The van der Waals surface area contributed by atoms with Crippen LogP contribution in [0.15, 0.2) is 23.2 Å². The molecule has 1 fully saturated rings. The number of hydrogen-bond acceptors (Lipinski definition) is 5. The number of methoxy groups -OCH3 is 2. The van der Waals surface area contributed by atoms with Gasteiger partial charge in [-0.15, -0.1) is 24.0 Å². The molecule has 0 aromatic heterocycles. The Kier molecular flexibility index (Phi) is 8.25. The van der Waals surface area contributed by atoms with Crippen LogP contribution in [0.5, 0.6) is 11.5 Å². The van der Waals surface area contributed by atoms with Crippen molar-refractivity contribution in [3.8, 4) is 11.5 Å². The van der Waals surface area contributed by atoms with Crippen LogP contribution in [0.1, 0.15) is 0 Å². The number of carbonyl (C=O) groups excluding carboxylic acids is 2. The van der Waals surface area contributed by atoms with E-state index in [-0.39, 0.29) is 49.0 Å². The molecule has 25 heavy (non-hydrogen) atoms. The zero-order valence-corrected chi connectivity index (χ0v) is 16.6. The fraction of sp³-hybridized carbons (Fsp3) is 0.400. The molecule has 3 amide bonds. The van der Waals surface area contributed by atoms with Crippen LogP contribution in [0, 0.1) is 0 Å². The number of urea groups is 1. The summed E-state index contributed by atoms with van der Waals surface area (Å²) in [5.74, 6) is 1.50. The summed E-state index contributed by atoms with van der Waals surface area (Å²) in [5, 5.41) is 8.62. The fourth-order valence-corrected chi connectivity index (χ4v) is 2.20. The van der Waals surface area contributed by atoms with E-state index in [1.807, 2.05) is 6.07 Å². The van der Waals surface area contributed by atoms with E-state index in [2.05, 4.69) is 20.9 Å². The second-order valence-electron chi connectivity index (χ2n) is 4.90. The van der Waals surface area contributed by atoms with Gasteiger partial charge in [0.15, 0.2) is 17.5 Å². The van der Waals surface area contributed by atoms with E-state index in [4.69, 9.17) is 9.47 Å². The number of carbonyl (C=O) groups is 2. The number of anilines is 1. The maximum atomic E-state index is 11.5. The summed E-state index contributed by atoms with van der Waals surface area (Å²) in [6.07, 6.45) is 0. The van der Waals surface area contributed by atoms with Crippen molar-refractivity contribution in [2.75, 3.05) is 46.2 Å². The van der Waals surface area contributed by atoms with Gasteiger partial charge in [0.1, 0.15) is 0 Å². The van der Waals surface area contributed by atoms with Gasteiger partial charge in [0.25, 0.3) is 0 Å². The Morgan fingerprint density at radius 1 is 1.28 bits per heavy atom. The van der Waals surface area contributed by atoms with Gasteiger partial charge in [-0.2, -0.15) is 0 Å². The molecule has 0 unspecified atom stereocenters. The summed E-state index contributed by atoms with van der Waals surface area (Å²) in [6, 6.07) is 5.01. The number of rotatable bonds is 6. The molecule has 0 saturated carbocycles. The monoisotopic (exact) mass is 463 g/mol. The number of halogens is 1. The first kappa shape index (κ1) is 20.8. The summed E-state index contributed by atoms with van der Waals surface area (Å²) in [5.41, 5.74) is 0.760. The lowest BCUT2D eigenvalue weighted by Crippen LogP contribution is -2.40. The van der Waals surface area contributed by atoms with Crippen molar-refractivity contribution in [1.82, 2.24) is 15.5 Å². The molecule has 3 N–H and O–H groups in total. The molecule has 10 heteroatoms. The Bertz CT molecular complexity index is 637. The quantitative estimate of drug-likeness (QED) is 0.250. The standard InChI is InChI=1S/C15H21N5O4.HI/c1-16-14(17-6-7-20-13(21)9-18-15(20)22)19-10-4-5-11(23-2)12(8-10)24-3;/h4-5,8H,6-7,9H2,1-3H3,(H,18,22)(H2,16,17,19);1H. The topological polar surface area (TPSA) is 104 Å². The van der Waals surface area contributed by atoms with Gasteiger partial charge in [-0.25, -0.2) is 4.79 Å². The van der Waals surface area contributed by atoms with Crippen molar-refractivity contribution in [3.05, 3.63) is 18.2 Å². The van der Waals surface area contributed by atoms with Gasteiger partial charge < -0.3 is 25.4 Å². The smallest absolute Gasteiger partial charge is 0.324 e. The van der Waals surface area contributed by atoms with E-state index in [1.54, 1.807) is 33.4 Å². The number of benzene rings is 1. The summed E-state index contributed by atoms with van der Waals surface area (Å²) < 4.78 is 10.4. The zero-order valence-electron chi connectivity index (χ0n) is 14.3. The van der Waals surface area contributed by atoms with E-state index in [0.29, 0.717) is 24.0 Å². The van der Waals surface area contributed by atoms with Crippen LogP contribution in [0.2, 0.25) is 0 Å². The summed E-state index contributed by atoms with van der Waals surface area (Å²) in [6.45, 7) is 0.695. The highest BCUT2D eigenvalue weighted by Gasteiger charge is 2.27. The Hall–Kier alpha value is -2.24. The van der Waals surface area contributed by atoms with Gasteiger partial charge in [0.05, 0.1) is 20.8 Å². The first-order chi connectivity index (χ1) is 11.6. The van der Waals surface area contributed by atoms with Gasteiger partial charge >= 0.3 is 6.03 Å². The third kappa shape index (κ3) is 5.37. The maximum Gasteiger partial charge on any atom is 0.324 e. The van der Waals surface area contributed by atoms with Gasteiger partial charge in [-0.3, -0.25) is 14.7 Å². The molecule has 9 nitrogen and oxygen atoms in total. The van der Waals surface area contributed by atoms with Crippen LogP contribution in [0.3, 0.4) is 0 Å². The van der Waals surface area contributed by atoms with E-state index in [1.165, 1.54) is 0 Å². The first-order valence-electron chi connectivity index (χ1n) is 7.37. The molecule has 0 aliphatic carbocycles. The molecule has 138 valence electrons. The highest BCUT2D eigenvalue weighted by atomic mass is 127. The highest BCUT2D eigenvalue weighted by molar-refractivity contribution is 14.0. The highest BCUT2D eigenvalue weighted by Crippen LogP contribution is 2.29. The van der Waals surface area contributed by atoms with Crippen molar-refractivity contribution in [2.45, 2.75) is 0 Å². The molecule has 0 radical (unpaired) electrons. The van der Waals surface area contributed by atoms with E-state index >= 15 is 0 Å². The van der Waals surface area contributed by atoms with Gasteiger partial charge in [0, 0.05) is 31.9 Å². The van der Waals surface area contributed by atoms with Crippen molar-refractivity contribution in [3.63, 3.8) is 0 Å². The average Bonchev–Trinajstić information content (AvgIpc) is 2.92. The lowest BCUT2D eigenvalue weighted by Gasteiger charge is -2.16. The largest absolute Gasteiger partial charge is 0.493 e. The summed E-state index contributed by atoms with van der Waals surface area (Å²) >= 11 is 0. The van der Waals surface area contributed by atoms with Gasteiger partial charge in [-0.05, 0) is 12.1 Å². The van der Waals surface area contributed by atoms with Gasteiger partial charge in [-0.1, -0.05) is 0 Å². The normalized spacial score (nSPS) is 13.9. The van der Waals surface area contributed by atoms with Crippen molar-refractivity contribution in [2.24, 2.45) is 4.99 Å². The Morgan fingerprint density at radius 3 is 2.56 bits per heavy atom. The zero-order chi connectivity index (χ0) is 17.5. The van der Waals surface area contributed by atoms with Crippen molar-refractivity contribution < 1.29 is 19.1 Å². The molecule has 1 saturated heterocycles. The molecule has 0 atom stereocenters. The number of imide groups is 1. The molecule has 0 bridgehead atoms. The van der Waals surface area contributed by atoms with E-state index < -0.39 is 0 Å². The number of hydrogen-bond donors (Lipinski definition) is 3. The van der Waals surface area contributed by atoms with Crippen molar-refractivity contribution in [1.29, 1.82) is 0 Å².